The molecule has 1 unspecified atom stereocenters. The fourth-order valence-corrected chi connectivity index (χ4v) is 15.6. The van der Waals surface area contributed by atoms with Crippen molar-refractivity contribution in [3.8, 4) is 55.6 Å². The molecule has 7 aromatic carbocycles. The topological polar surface area (TPSA) is 0 Å². The first-order valence-electron chi connectivity index (χ1n) is 29.1. The van der Waals surface area contributed by atoms with Crippen LogP contribution >= 0.6 is 0 Å². The van der Waals surface area contributed by atoms with Gasteiger partial charge in [0, 0.05) is 0 Å². The van der Waals surface area contributed by atoms with E-state index in [0.717, 1.165) is 19.3 Å². The zero-order chi connectivity index (χ0) is 52.8. The number of fused-ring (bicyclic) bond motifs is 6. The number of hydrogen-bond acceptors (Lipinski definition) is 0. The molecule has 7 aromatic rings. The van der Waals surface area contributed by atoms with Crippen LogP contribution in [-0.4, -0.2) is 0 Å². The average Bonchev–Trinajstić information content (AvgIpc) is 3.88. The fourth-order valence-electron chi connectivity index (χ4n) is 15.6. The Labute approximate surface area is 443 Å². The largest absolute Gasteiger partial charge is 0.0645 e. The highest BCUT2D eigenvalue weighted by atomic mass is 14.6. The van der Waals surface area contributed by atoms with Gasteiger partial charge in [-0.3, -0.25) is 0 Å². The van der Waals surface area contributed by atoms with E-state index in [0.29, 0.717) is 35.5 Å². The Morgan fingerprint density at radius 2 is 0.781 bits per heavy atom. The van der Waals surface area contributed by atoms with Crippen LogP contribution in [0.1, 0.15) is 262 Å². The smallest absolute Gasteiger partial charge is 0.000720 e. The number of benzene rings is 7. The van der Waals surface area contributed by atoms with Gasteiger partial charge in [-0.1, -0.05) is 223 Å². The van der Waals surface area contributed by atoms with Crippen molar-refractivity contribution in [2.24, 2.45) is 0 Å². The van der Waals surface area contributed by atoms with E-state index in [1.54, 1.807) is 27.8 Å². The summed E-state index contributed by atoms with van der Waals surface area (Å²) in [6, 6.07) is 35.5. The molecule has 382 valence electrons. The molecule has 73 heavy (non-hydrogen) atoms. The lowest BCUT2D eigenvalue weighted by atomic mass is 9.69. The van der Waals surface area contributed by atoms with Gasteiger partial charge in [0.15, 0.2) is 0 Å². The molecule has 0 saturated carbocycles. The number of hydrogen-bond donors (Lipinski definition) is 0. The molecule has 0 nitrogen and oxygen atoms in total. The van der Waals surface area contributed by atoms with Gasteiger partial charge in [0.2, 0.25) is 0 Å². The number of rotatable bonds is 12. The van der Waals surface area contributed by atoms with Gasteiger partial charge in [-0.05, 0) is 222 Å². The van der Waals surface area contributed by atoms with Crippen LogP contribution in [0.25, 0.3) is 77.2 Å². The van der Waals surface area contributed by atoms with Crippen molar-refractivity contribution in [3.63, 3.8) is 0 Å². The second kappa shape index (κ2) is 17.8. The Bertz CT molecular complexity index is 3180. The van der Waals surface area contributed by atoms with E-state index in [9.17, 15) is 0 Å². The Kier molecular flexibility index (Phi) is 12.6. The molecule has 0 saturated heterocycles. The van der Waals surface area contributed by atoms with Gasteiger partial charge in [0.05, 0.1) is 0 Å². The summed E-state index contributed by atoms with van der Waals surface area (Å²) in [5, 5.41) is 5.61. The summed E-state index contributed by atoms with van der Waals surface area (Å²) in [5.74, 6) is 2.25. The molecule has 0 heteroatoms. The SMILES string of the molecule is CCC1(C)CC(C)(C)c2cc3c(c(-c4ccc5c6c(cccc46)-c4c-5c(-c5c(C(C)C)cc(C(C)C)cc5C(C)C)c5ccccc5c4-c4c(C(C)C)cc(C(C)C)cc4C(C)C)c21)C(CC)(CC)CC3(C)C. The predicted molar refractivity (Wildman–Crippen MR) is 322 cm³/mol. The van der Waals surface area contributed by atoms with E-state index in [2.05, 4.69) is 223 Å². The van der Waals surface area contributed by atoms with Crippen LogP contribution in [0.15, 0.2) is 84.9 Å². The summed E-state index contributed by atoms with van der Waals surface area (Å²) in [7, 11) is 0. The first-order chi connectivity index (χ1) is 34.4. The maximum absolute atomic E-state index is 2.74. The minimum Gasteiger partial charge on any atom is -0.0645 e. The maximum Gasteiger partial charge on any atom is -0.000720 e. The second-order valence-electron chi connectivity index (χ2n) is 27.1. The van der Waals surface area contributed by atoms with Crippen molar-refractivity contribution in [1.29, 1.82) is 0 Å². The lowest BCUT2D eigenvalue weighted by Gasteiger charge is -2.35. The zero-order valence-corrected chi connectivity index (χ0v) is 49.1. The van der Waals surface area contributed by atoms with Gasteiger partial charge >= 0.3 is 0 Å². The van der Waals surface area contributed by atoms with E-state index in [1.165, 1.54) is 118 Å². The van der Waals surface area contributed by atoms with Gasteiger partial charge in [-0.15, -0.1) is 0 Å². The first-order valence-corrected chi connectivity index (χ1v) is 29.1. The van der Waals surface area contributed by atoms with Crippen molar-refractivity contribution in [2.75, 3.05) is 0 Å². The lowest BCUT2D eigenvalue weighted by molar-refractivity contribution is 0.328. The fraction of sp³-hybridized carbons (Fsp3) is 0.479. The molecule has 0 aromatic heterocycles. The molecular formula is C73H90. The van der Waals surface area contributed by atoms with Crippen molar-refractivity contribution in [3.05, 3.63) is 141 Å². The van der Waals surface area contributed by atoms with E-state index >= 15 is 0 Å². The van der Waals surface area contributed by atoms with Crippen LogP contribution in [0.3, 0.4) is 0 Å². The van der Waals surface area contributed by atoms with E-state index < -0.39 is 0 Å². The van der Waals surface area contributed by atoms with Crippen molar-refractivity contribution < 1.29 is 0 Å². The van der Waals surface area contributed by atoms with Gasteiger partial charge in [-0.2, -0.15) is 0 Å². The van der Waals surface area contributed by atoms with Gasteiger partial charge in [0.25, 0.3) is 0 Å². The summed E-state index contributed by atoms with van der Waals surface area (Å²) >= 11 is 0. The third kappa shape index (κ3) is 7.54. The monoisotopic (exact) mass is 967 g/mol. The summed E-state index contributed by atoms with van der Waals surface area (Å²) in [6.45, 7) is 49.2. The van der Waals surface area contributed by atoms with E-state index in [-0.39, 0.29) is 21.7 Å². The van der Waals surface area contributed by atoms with Crippen LogP contribution in [0, 0.1) is 0 Å². The highest BCUT2D eigenvalue weighted by Crippen LogP contribution is 2.66. The Morgan fingerprint density at radius 1 is 0.370 bits per heavy atom. The van der Waals surface area contributed by atoms with E-state index in [4.69, 9.17) is 0 Å². The van der Waals surface area contributed by atoms with Crippen LogP contribution in [0.5, 0.6) is 0 Å². The molecule has 3 aliphatic rings. The molecule has 3 aliphatic carbocycles. The zero-order valence-electron chi connectivity index (χ0n) is 49.1. The molecule has 0 heterocycles. The minimum atomic E-state index is 0.0677. The normalized spacial score (nSPS) is 18.2. The average molecular weight is 968 g/mol. The molecule has 0 aliphatic heterocycles. The third-order valence-electron chi connectivity index (χ3n) is 19.5. The summed E-state index contributed by atoms with van der Waals surface area (Å²) in [5.41, 5.74) is 30.1. The Morgan fingerprint density at radius 3 is 1.21 bits per heavy atom. The molecule has 10 rings (SSSR count). The highest BCUT2D eigenvalue weighted by molar-refractivity contribution is 6.29. The molecule has 0 N–H and O–H groups in total. The molecule has 0 bridgehead atoms. The molecule has 0 spiro atoms. The van der Waals surface area contributed by atoms with Crippen molar-refractivity contribution in [2.45, 2.75) is 228 Å². The second-order valence-corrected chi connectivity index (χ2v) is 27.1. The summed E-state index contributed by atoms with van der Waals surface area (Å²) in [4.78, 5) is 0. The van der Waals surface area contributed by atoms with Crippen molar-refractivity contribution in [1.82, 2.24) is 0 Å². The highest BCUT2D eigenvalue weighted by Gasteiger charge is 2.53. The quantitative estimate of drug-likeness (QED) is 0.114. The van der Waals surface area contributed by atoms with Crippen LogP contribution < -0.4 is 0 Å². The lowest BCUT2D eigenvalue weighted by Crippen LogP contribution is -2.26. The minimum absolute atomic E-state index is 0.0677. The van der Waals surface area contributed by atoms with E-state index in [1.807, 2.05) is 0 Å². The van der Waals surface area contributed by atoms with Crippen molar-refractivity contribution >= 4 is 21.5 Å². The summed E-state index contributed by atoms with van der Waals surface area (Å²) < 4.78 is 0. The molecule has 0 radical (unpaired) electrons. The van der Waals surface area contributed by atoms with Gasteiger partial charge < -0.3 is 0 Å². The predicted octanol–water partition coefficient (Wildman–Crippen LogP) is 22.5. The summed E-state index contributed by atoms with van der Waals surface area (Å²) in [6.07, 6.45) is 5.82. The van der Waals surface area contributed by atoms with Crippen LogP contribution in [0.2, 0.25) is 0 Å². The third-order valence-corrected chi connectivity index (χ3v) is 19.5. The first kappa shape index (κ1) is 51.5. The Balaban J connectivity index is 1.46. The van der Waals surface area contributed by atoms with Gasteiger partial charge in [-0.25, -0.2) is 0 Å². The molecule has 0 fully saturated rings. The Hall–Kier alpha value is -4.94. The maximum atomic E-state index is 2.74. The van der Waals surface area contributed by atoms with Crippen LogP contribution in [-0.2, 0) is 21.7 Å². The van der Waals surface area contributed by atoms with Gasteiger partial charge in [0.1, 0.15) is 0 Å². The molecule has 0 amide bonds. The molecular weight excluding hydrogens is 877 g/mol. The molecule has 1 atom stereocenters. The van der Waals surface area contributed by atoms with Crippen LogP contribution in [0.4, 0.5) is 0 Å². The standard InChI is InChI=1S/C73H90/c1-21-72(20)38-70(16,17)58-37-59-69(73(22-2,23-3)39-71(59,18)19)67(68(58)72)51-31-32-53-60-48(51)29-26-30-52(60)65-63(61-54(42(8)9)33-46(40(4)5)34-55(61)43(10)11)49-27-24-25-28-50(49)64(66(53)65)62-56(44(12)13)35-47(41(6)7)36-57(62)45(14)15/h24-37,40-45H,21-23,38-39H2,1-20H3.